The molecular formula is C20H25N3O4S. The quantitative estimate of drug-likeness (QED) is 0.419. The van der Waals surface area contributed by atoms with Gasteiger partial charge >= 0.3 is 5.97 Å². The van der Waals surface area contributed by atoms with E-state index in [0.29, 0.717) is 16.1 Å². The van der Waals surface area contributed by atoms with Crippen LogP contribution in [0.4, 0.5) is 0 Å². The van der Waals surface area contributed by atoms with Crippen molar-refractivity contribution in [1.82, 2.24) is 14.5 Å². The van der Waals surface area contributed by atoms with Crippen molar-refractivity contribution in [3.8, 4) is 0 Å². The Morgan fingerprint density at radius 1 is 1.29 bits per heavy atom. The number of carbonyl (C=O) groups is 2. The maximum absolute atomic E-state index is 12.9. The van der Waals surface area contributed by atoms with Gasteiger partial charge in [-0.3, -0.25) is 19.0 Å². The fraction of sp³-hybridized carbons (Fsp3) is 0.500. The molecule has 0 unspecified atom stereocenters. The number of amides is 1. The van der Waals surface area contributed by atoms with Crippen molar-refractivity contribution in [2.45, 2.75) is 50.4 Å². The van der Waals surface area contributed by atoms with Gasteiger partial charge in [0.1, 0.15) is 0 Å². The second-order valence-corrected chi connectivity index (χ2v) is 7.86. The number of benzene rings is 1. The van der Waals surface area contributed by atoms with E-state index < -0.39 is 5.97 Å². The average Bonchev–Trinajstić information content (AvgIpc) is 2.71. The van der Waals surface area contributed by atoms with Crippen LogP contribution in [0.15, 0.2) is 34.2 Å². The maximum Gasteiger partial charge on any atom is 0.307 e. The second-order valence-electron chi connectivity index (χ2n) is 6.92. The van der Waals surface area contributed by atoms with Gasteiger partial charge in [-0.05, 0) is 38.3 Å². The normalized spacial score (nSPS) is 16.9. The third kappa shape index (κ3) is 4.55. The minimum atomic E-state index is -0.394. The van der Waals surface area contributed by atoms with E-state index in [2.05, 4.69) is 16.6 Å². The lowest BCUT2D eigenvalue weighted by Crippen LogP contribution is -2.43. The Balaban J connectivity index is 1.84. The molecule has 1 fully saturated rings. The predicted octanol–water partition coefficient (Wildman–Crippen LogP) is 2.45. The zero-order valence-electron chi connectivity index (χ0n) is 16.2. The third-order valence-electron chi connectivity index (χ3n) is 5.04. The first-order valence-corrected chi connectivity index (χ1v) is 10.5. The number of ether oxygens (including phenoxy) is 1. The highest BCUT2D eigenvalue weighted by atomic mass is 32.2. The fourth-order valence-electron chi connectivity index (χ4n) is 3.44. The summed E-state index contributed by atoms with van der Waals surface area (Å²) in [6.07, 6.45) is 3.27. The summed E-state index contributed by atoms with van der Waals surface area (Å²) in [7, 11) is 1.32. The van der Waals surface area contributed by atoms with Crippen molar-refractivity contribution < 1.29 is 14.3 Å². The van der Waals surface area contributed by atoms with Gasteiger partial charge in [0.25, 0.3) is 5.56 Å². The number of hydrogen-bond acceptors (Lipinski definition) is 6. The Morgan fingerprint density at radius 2 is 2.07 bits per heavy atom. The molecule has 0 bridgehead atoms. The van der Waals surface area contributed by atoms with Crippen molar-refractivity contribution >= 4 is 34.5 Å². The van der Waals surface area contributed by atoms with Gasteiger partial charge in [0, 0.05) is 19.1 Å². The lowest BCUT2D eigenvalue weighted by atomic mass is 10.0. The smallest absolute Gasteiger partial charge is 0.307 e. The molecule has 28 heavy (non-hydrogen) atoms. The molecular weight excluding hydrogens is 378 g/mol. The summed E-state index contributed by atoms with van der Waals surface area (Å²) >= 11 is 1.25. The summed E-state index contributed by atoms with van der Waals surface area (Å²) in [6.45, 7) is 3.02. The Labute approximate surface area is 168 Å². The average molecular weight is 404 g/mol. The van der Waals surface area contributed by atoms with Gasteiger partial charge in [-0.2, -0.15) is 0 Å². The summed E-state index contributed by atoms with van der Waals surface area (Å²) in [4.78, 5) is 43.6. The van der Waals surface area contributed by atoms with Crippen LogP contribution >= 0.6 is 11.8 Å². The molecule has 0 saturated carbocycles. The molecule has 1 aliphatic rings. The van der Waals surface area contributed by atoms with Crippen LogP contribution in [0.25, 0.3) is 10.9 Å². The van der Waals surface area contributed by atoms with Crippen molar-refractivity contribution in [2.75, 3.05) is 19.4 Å². The molecule has 1 amide bonds. The Bertz CT molecular complexity index is 927. The summed E-state index contributed by atoms with van der Waals surface area (Å²) in [5.74, 6) is -0.124. The number of hydrogen-bond donors (Lipinski definition) is 0. The molecule has 8 heteroatoms. The summed E-state index contributed by atoms with van der Waals surface area (Å²) in [5, 5.41) is 0.943. The summed E-state index contributed by atoms with van der Waals surface area (Å²) in [5.41, 5.74) is 0.374. The molecule has 1 aliphatic heterocycles. The molecule has 7 nitrogen and oxygen atoms in total. The van der Waals surface area contributed by atoms with Crippen LogP contribution in [-0.4, -0.2) is 51.8 Å². The van der Waals surface area contributed by atoms with Gasteiger partial charge in [0.2, 0.25) is 5.91 Å². The van der Waals surface area contributed by atoms with Crippen LogP contribution in [0.2, 0.25) is 0 Å². The van der Waals surface area contributed by atoms with E-state index in [1.165, 1.54) is 23.4 Å². The number of thioether (sulfide) groups is 1. The molecule has 2 heterocycles. The minimum Gasteiger partial charge on any atom is -0.469 e. The molecule has 3 rings (SSSR count). The molecule has 0 spiro atoms. The zero-order valence-corrected chi connectivity index (χ0v) is 17.0. The standard InChI is InChI=1S/C20H25N3O4S/c1-14-7-5-6-11-22(14)17(24)13-28-20-21-16-9-4-3-8-15(16)19(26)23(20)12-10-18(25)27-2/h3-4,8-9,14H,5-7,10-13H2,1-2H3/t14-/m1/s1. The topological polar surface area (TPSA) is 81.5 Å². The van der Waals surface area contributed by atoms with Crippen molar-refractivity contribution in [3.05, 3.63) is 34.6 Å². The number of piperidine rings is 1. The first kappa shape index (κ1) is 20.4. The molecule has 1 aromatic heterocycles. The number of carbonyl (C=O) groups excluding carboxylic acids is 2. The highest BCUT2D eigenvalue weighted by Gasteiger charge is 2.24. The van der Waals surface area contributed by atoms with E-state index >= 15 is 0 Å². The number of rotatable bonds is 6. The molecule has 1 aromatic carbocycles. The predicted molar refractivity (Wildman–Crippen MR) is 108 cm³/mol. The first-order chi connectivity index (χ1) is 13.5. The molecule has 1 saturated heterocycles. The molecule has 0 radical (unpaired) electrons. The van der Waals surface area contributed by atoms with Crippen LogP contribution in [0, 0.1) is 0 Å². The minimum absolute atomic E-state index is 0.0547. The number of methoxy groups -OCH3 is 1. The van der Waals surface area contributed by atoms with Gasteiger partial charge in [0.15, 0.2) is 5.16 Å². The van der Waals surface area contributed by atoms with Gasteiger partial charge in [-0.1, -0.05) is 23.9 Å². The van der Waals surface area contributed by atoms with Crippen LogP contribution in [-0.2, 0) is 20.9 Å². The Hall–Kier alpha value is -2.35. The van der Waals surface area contributed by atoms with Crippen LogP contribution in [0.3, 0.4) is 0 Å². The fourth-order valence-corrected chi connectivity index (χ4v) is 4.35. The number of esters is 1. The van der Waals surface area contributed by atoms with E-state index in [1.54, 1.807) is 18.2 Å². The lowest BCUT2D eigenvalue weighted by Gasteiger charge is -2.33. The van der Waals surface area contributed by atoms with E-state index in [4.69, 9.17) is 0 Å². The Kier molecular flexibility index (Phi) is 6.72. The lowest BCUT2D eigenvalue weighted by molar-refractivity contribution is -0.141. The second kappa shape index (κ2) is 9.23. The summed E-state index contributed by atoms with van der Waals surface area (Å²) < 4.78 is 6.16. The Morgan fingerprint density at radius 3 is 2.82 bits per heavy atom. The van der Waals surface area contributed by atoms with E-state index in [9.17, 15) is 14.4 Å². The van der Waals surface area contributed by atoms with Gasteiger partial charge in [0.05, 0.1) is 30.2 Å². The zero-order chi connectivity index (χ0) is 20.1. The van der Waals surface area contributed by atoms with Crippen molar-refractivity contribution in [2.24, 2.45) is 0 Å². The highest BCUT2D eigenvalue weighted by molar-refractivity contribution is 7.99. The summed E-state index contributed by atoms with van der Waals surface area (Å²) in [6, 6.07) is 7.34. The third-order valence-corrected chi connectivity index (χ3v) is 6.00. The van der Waals surface area contributed by atoms with E-state index in [1.807, 2.05) is 11.0 Å². The molecule has 1 atom stereocenters. The highest BCUT2D eigenvalue weighted by Crippen LogP contribution is 2.22. The van der Waals surface area contributed by atoms with Gasteiger partial charge in [-0.25, -0.2) is 4.98 Å². The van der Waals surface area contributed by atoms with Gasteiger partial charge in [-0.15, -0.1) is 0 Å². The number of nitrogens with zero attached hydrogens (tertiary/aromatic N) is 3. The number of para-hydroxylation sites is 1. The monoisotopic (exact) mass is 403 g/mol. The van der Waals surface area contributed by atoms with Crippen LogP contribution in [0.1, 0.15) is 32.6 Å². The van der Waals surface area contributed by atoms with Crippen molar-refractivity contribution in [1.29, 1.82) is 0 Å². The number of aromatic nitrogens is 2. The molecule has 0 aliphatic carbocycles. The van der Waals surface area contributed by atoms with Crippen molar-refractivity contribution in [3.63, 3.8) is 0 Å². The van der Waals surface area contributed by atoms with Gasteiger partial charge < -0.3 is 9.64 Å². The van der Waals surface area contributed by atoms with Crippen LogP contribution < -0.4 is 5.56 Å². The van der Waals surface area contributed by atoms with Crippen LogP contribution in [0.5, 0.6) is 0 Å². The first-order valence-electron chi connectivity index (χ1n) is 9.50. The molecule has 150 valence electrons. The van der Waals surface area contributed by atoms with E-state index in [0.717, 1.165) is 25.8 Å². The largest absolute Gasteiger partial charge is 0.469 e. The SMILES string of the molecule is COC(=O)CCn1c(SCC(=O)N2CCCC[C@H]2C)nc2ccccc2c1=O. The number of fused-ring (bicyclic) bond motifs is 1. The van der Waals surface area contributed by atoms with E-state index in [-0.39, 0.29) is 36.2 Å². The molecule has 0 N–H and O–H groups in total. The molecule has 2 aromatic rings. The number of likely N-dealkylation sites (tertiary alicyclic amines) is 1. The maximum atomic E-state index is 12.9.